The minimum Gasteiger partial charge on any atom is -0.322 e. The number of hydrogen-bond donors (Lipinski definition) is 1. The van der Waals surface area contributed by atoms with Crippen LogP contribution in [-0.4, -0.2) is 32.3 Å². The zero-order valence-electron chi connectivity index (χ0n) is 17.8. The summed E-state index contributed by atoms with van der Waals surface area (Å²) in [5, 5.41) is 3.48. The van der Waals surface area contributed by atoms with Gasteiger partial charge in [-0.2, -0.15) is 0 Å². The van der Waals surface area contributed by atoms with Gasteiger partial charge in [-0.1, -0.05) is 29.8 Å². The van der Waals surface area contributed by atoms with Crippen molar-refractivity contribution in [2.45, 2.75) is 19.3 Å². The lowest BCUT2D eigenvalue weighted by atomic mass is 10.0. The van der Waals surface area contributed by atoms with E-state index >= 15 is 0 Å². The molecule has 3 aromatic rings. The van der Waals surface area contributed by atoms with Crippen molar-refractivity contribution in [2.24, 2.45) is 4.99 Å². The molecule has 0 spiro atoms. The van der Waals surface area contributed by atoms with Gasteiger partial charge in [0.15, 0.2) is 0 Å². The Morgan fingerprint density at radius 2 is 1.79 bits per heavy atom. The molecule has 0 unspecified atom stereocenters. The van der Waals surface area contributed by atoms with Crippen molar-refractivity contribution < 1.29 is 13.2 Å². The minimum absolute atomic E-state index is 0.157. The summed E-state index contributed by atoms with van der Waals surface area (Å²) in [5.41, 5.74) is 5.37. The Bertz CT molecular complexity index is 1370. The van der Waals surface area contributed by atoms with E-state index in [0.29, 0.717) is 41.3 Å². The first-order chi connectivity index (χ1) is 15.9. The molecule has 0 radical (unpaired) electrons. The monoisotopic (exact) mass is 479 g/mol. The molecule has 3 aromatic carbocycles. The van der Waals surface area contributed by atoms with E-state index in [9.17, 15) is 13.2 Å². The number of fused-ring (bicyclic) bond motifs is 1. The van der Waals surface area contributed by atoms with Crippen molar-refractivity contribution in [3.8, 4) is 0 Å². The van der Waals surface area contributed by atoms with E-state index in [-0.39, 0.29) is 11.7 Å². The molecule has 0 saturated carbocycles. The average molecular weight is 480 g/mol. The number of sulfonamides is 1. The molecule has 2 aliphatic rings. The topological polar surface area (TPSA) is 78.8 Å². The summed E-state index contributed by atoms with van der Waals surface area (Å²) in [6.07, 6.45) is 2.20. The van der Waals surface area contributed by atoms with E-state index in [0.717, 1.165) is 28.9 Å². The Hall–Kier alpha value is -3.16. The summed E-state index contributed by atoms with van der Waals surface area (Å²) in [5.74, 6) is -0.127. The highest BCUT2D eigenvalue weighted by Crippen LogP contribution is 2.32. The number of amides is 1. The van der Waals surface area contributed by atoms with Gasteiger partial charge in [-0.25, -0.2) is 8.42 Å². The molecule has 2 aliphatic heterocycles. The molecular formula is C25H22ClN3O3S. The van der Waals surface area contributed by atoms with Gasteiger partial charge in [0.05, 0.1) is 22.8 Å². The van der Waals surface area contributed by atoms with E-state index in [2.05, 4.69) is 5.32 Å². The van der Waals surface area contributed by atoms with Gasteiger partial charge in [-0.05, 0) is 66.9 Å². The zero-order valence-corrected chi connectivity index (χ0v) is 19.4. The second-order valence-corrected chi connectivity index (χ2v) is 10.6. The number of halogens is 1. The number of aliphatic imine (C=N–C) groups is 1. The Balaban J connectivity index is 1.33. The third kappa shape index (κ3) is 4.38. The summed E-state index contributed by atoms with van der Waals surface area (Å²) >= 11 is 6.44. The first-order valence-electron chi connectivity index (χ1n) is 10.8. The van der Waals surface area contributed by atoms with E-state index in [1.54, 1.807) is 36.4 Å². The van der Waals surface area contributed by atoms with Gasteiger partial charge in [-0.3, -0.25) is 14.1 Å². The lowest BCUT2D eigenvalue weighted by Crippen LogP contribution is -2.37. The molecule has 1 saturated heterocycles. The van der Waals surface area contributed by atoms with Crippen molar-refractivity contribution in [3.63, 3.8) is 0 Å². The van der Waals surface area contributed by atoms with Crippen LogP contribution in [0.1, 0.15) is 34.3 Å². The van der Waals surface area contributed by atoms with Crippen LogP contribution >= 0.6 is 11.6 Å². The molecule has 33 heavy (non-hydrogen) atoms. The van der Waals surface area contributed by atoms with Crippen LogP contribution in [0.3, 0.4) is 0 Å². The van der Waals surface area contributed by atoms with Crippen LogP contribution in [0.5, 0.6) is 0 Å². The lowest BCUT2D eigenvalue weighted by Gasteiger charge is -2.28. The molecule has 8 heteroatoms. The Kier molecular flexibility index (Phi) is 5.68. The molecule has 0 atom stereocenters. The van der Waals surface area contributed by atoms with E-state index in [4.69, 9.17) is 16.6 Å². The van der Waals surface area contributed by atoms with Crippen molar-refractivity contribution in [1.29, 1.82) is 0 Å². The van der Waals surface area contributed by atoms with Crippen LogP contribution in [0.4, 0.5) is 17.1 Å². The average Bonchev–Trinajstić information content (AvgIpc) is 3.24. The fourth-order valence-corrected chi connectivity index (χ4v) is 6.04. The standard InChI is InChI=1S/C25H22ClN3O3S/c26-22-12-9-19(16-21(22)24-15-18-5-1-2-6-23(18)28-24)27-25(30)17-7-10-20(11-8-17)29-13-3-4-14-33(29,31)32/h1-2,5-12,16H,3-4,13-15H2,(H,27,30). The molecule has 1 amide bonds. The number of nitrogens with zero attached hydrogens (tertiary/aromatic N) is 2. The molecule has 1 fully saturated rings. The minimum atomic E-state index is -3.29. The van der Waals surface area contributed by atoms with Crippen molar-refractivity contribution in [2.75, 3.05) is 21.9 Å². The lowest BCUT2D eigenvalue weighted by molar-refractivity contribution is 0.102. The third-order valence-corrected chi connectivity index (χ3v) is 8.11. The summed E-state index contributed by atoms with van der Waals surface area (Å²) < 4.78 is 26.0. The SMILES string of the molecule is O=C(Nc1ccc(Cl)c(C2=Nc3ccccc3C2)c1)c1ccc(N2CCCCS2(=O)=O)cc1. The third-order valence-electron chi connectivity index (χ3n) is 5.91. The Morgan fingerprint density at radius 1 is 1.00 bits per heavy atom. The maximum Gasteiger partial charge on any atom is 0.255 e. The fourth-order valence-electron chi connectivity index (χ4n) is 4.18. The van der Waals surface area contributed by atoms with E-state index in [1.165, 1.54) is 4.31 Å². The van der Waals surface area contributed by atoms with Gasteiger partial charge in [0, 0.05) is 34.8 Å². The van der Waals surface area contributed by atoms with Crippen LogP contribution in [0.15, 0.2) is 71.7 Å². The molecule has 0 aromatic heterocycles. The van der Waals surface area contributed by atoms with Gasteiger partial charge < -0.3 is 5.32 Å². The smallest absolute Gasteiger partial charge is 0.255 e. The van der Waals surface area contributed by atoms with Gasteiger partial charge >= 0.3 is 0 Å². The second-order valence-electron chi connectivity index (χ2n) is 8.15. The van der Waals surface area contributed by atoms with Crippen LogP contribution in [0.25, 0.3) is 0 Å². The number of carbonyl (C=O) groups is 1. The fraction of sp³-hybridized carbons (Fsp3) is 0.200. The zero-order chi connectivity index (χ0) is 23.0. The number of benzene rings is 3. The van der Waals surface area contributed by atoms with Crippen molar-refractivity contribution in [1.82, 2.24) is 0 Å². The molecule has 5 rings (SSSR count). The first kappa shape index (κ1) is 21.7. The van der Waals surface area contributed by atoms with Gasteiger partial charge in [-0.15, -0.1) is 0 Å². The number of anilines is 2. The molecule has 1 N–H and O–H groups in total. The van der Waals surface area contributed by atoms with Crippen LogP contribution < -0.4 is 9.62 Å². The maximum atomic E-state index is 12.8. The van der Waals surface area contributed by atoms with E-state index < -0.39 is 10.0 Å². The van der Waals surface area contributed by atoms with Crippen LogP contribution in [0.2, 0.25) is 5.02 Å². The molecule has 2 heterocycles. The Labute approximate surface area is 198 Å². The summed E-state index contributed by atoms with van der Waals surface area (Å²) in [7, 11) is -3.29. The molecular weight excluding hydrogens is 458 g/mol. The predicted octanol–water partition coefficient (Wildman–Crippen LogP) is 5.20. The van der Waals surface area contributed by atoms with E-state index in [1.807, 2.05) is 30.3 Å². The maximum absolute atomic E-state index is 12.8. The second kappa shape index (κ2) is 8.65. The summed E-state index contributed by atoms with van der Waals surface area (Å²) in [6.45, 7) is 0.467. The predicted molar refractivity (Wildman–Crippen MR) is 133 cm³/mol. The Morgan fingerprint density at radius 3 is 2.55 bits per heavy atom. The molecule has 0 bridgehead atoms. The van der Waals surface area contributed by atoms with Crippen LogP contribution in [-0.2, 0) is 16.4 Å². The number of rotatable bonds is 4. The largest absolute Gasteiger partial charge is 0.322 e. The summed E-state index contributed by atoms with van der Waals surface area (Å²) in [4.78, 5) is 17.5. The molecule has 0 aliphatic carbocycles. The van der Waals surface area contributed by atoms with Crippen molar-refractivity contribution in [3.05, 3.63) is 88.4 Å². The number of carbonyl (C=O) groups excluding carboxylic acids is 1. The van der Waals surface area contributed by atoms with Crippen LogP contribution in [0, 0.1) is 0 Å². The quantitative estimate of drug-likeness (QED) is 0.558. The molecule has 168 valence electrons. The molecule has 6 nitrogen and oxygen atoms in total. The first-order valence-corrected chi connectivity index (χ1v) is 12.8. The highest BCUT2D eigenvalue weighted by molar-refractivity contribution is 7.92. The van der Waals surface area contributed by atoms with Gasteiger partial charge in [0.1, 0.15) is 0 Å². The number of hydrogen-bond acceptors (Lipinski definition) is 4. The van der Waals surface area contributed by atoms with Crippen molar-refractivity contribution >= 4 is 50.3 Å². The number of para-hydroxylation sites is 1. The highest BCUT2D eigenvalue weighted by atomic mass is 35.5. The summed E-state index contributed by atoms with van der Waals surface area (Å²) in [6, 6.07) is 19.9. The number of nitrogens with one attached hydrogen (secondary N) is 1. The van der Waals surface area contributed by atoms with Gasteiger partial charge in [0.25, 0.3) is 5.91 Å². The van der Waals surface area contributed by atoms with Gasteiger partial charge in [0.2, 0.25) is 10.0 Å². The normalized spacial score (nSPS) is 16.8. The highest BCUT2D eigenvalue weighted by Gasteiger charge is 2.26.